The molecule has 6 atom stereocenters. The van der Waals surface area contributed by atoms with Crippen LogP contribution in [0.25, 0.3) is 43.6 Å². The van der Waals surface area contributed by atoms with Gasteiger partial charge in [0.2, 0.25) is 47.3 Å². The topological polar surface area (TPSA) is 623 Å². The first kappa shape index (κ1) is 78.7. The van der Waals surface area contributed by atoms with E-state index in [-0.39, 0.29) is 71.7 Å². The summed E-state index contributed by atoms with van der Waals surface area (Å²) in [6.45, 7) is -4.40. The Kier molecular flexibility index (Phi) is 25.5. The number of benzene rings is 4. The molecule has 0 aliphatic rings. The van der Waals surface area contributed by atoms with Gasteiger partial charge in [0.15, 0.2) is 11.9 Å². The normalized spacial score (nSPS) is 12.8. The number of amides is 9. The number of carbonyl (C=O) groups excluding carboxylic acids is 9. The molecule has 570 valence electrons. The molecule has 0 bridgehead atoms. The zero-order valence-corrected chi connectivity index (χ0v) is 58.3. The lowest BCUT2D eigenvalue weighted by molar-refractivity contribution is -0.140. The third-order valence-corrected chi connectivity index (χ3v) is 17.1. The van der Waals surface area contributed by atoms with Crippen LogP contribution in [-0.2, 0) is 64.5 Å². The maximum atomic E-state index is 15.3. The van der Waals surface area contributed by atoms with Crippen molar-refractivity contribution in [2.24, 2.45) is 17.2 Å². The first-order chi connectivity index (χ1) is 51.9. The van der Waals surface area contributed by atoms with Crippen LogP contribution in [0.1, 0.15) is 41.6 Å². The Balaban J connectivity index is 1.03. The molecule has 5 heterocycles. The van der Waals surface area contributed by atoms with Crippen molar-refractivity contribution in [3.05, 3.63) is 210 Å². The number of carbonyl (C=O) groups is 9. The summed E-state index contributed by atoms with van der Waals surface area (Å²) in [5, 5.41) is 37.8. The molecule has 0 saturated heterocycles. The van der Waals surface area contributed by atoms with E-state index in [0.717, 1.165) is 34.6 Å². The molecule has 0 spiro atoms. The molecule has 4 aromatic carbocycles. The maximum absolute atomic E-state index is 15.3. The monoisotopic (exact) mass is 1500 g/mol. The lowest BCUT2D eigenvalue weighted by Crippen LogP contribution is -2.62. The van der Waals surface area contributed by atoms with Crippen LogP contribution < -0.4 is 110 Å². The van der Waals surface area contributed by atoms with Crippen molar-refractivity contribution in [1.29, 1.82) is 10.8 Å². The van der Waals surface area contributed by atoms with E-state index in [2.05, 4.69) is 62.8 Å². The molecular formula is C68H76N24O17. The summed E-state index contributed by atoms with van der Waals surface area (Å²) in [5.74, 6) is -11.3. The van der Waals surface area contributed by atoms with E-state index in [1.807, 2.05) is 9.97 Å². The summed E-state index contributed by atoms with van der Waals surface area (Å²) >= 11 is 0. The Hall–Kier alpha value is -14.4. The number of para-hydroxylation sites is 4. The Bertz CT molecular complexity index is 5550. The van der Waals surface area contributed by atoms with Crippen LogP contribution in [0.2, 0.25) is 0 Å². The van der Waals surface area contributed by atoms with E-state index >= 15 is 9.59 Å². The molecule has 41 nitrogen and oxygen atoms in total. The highest BCUT2D eigenvalue weighted by Gasteiger charge is 2.36. The molecule has 109 heavy (non-hydrogen) atoms. The van der Waals surface area contributed by atoms with Crippen molar-refractivity contribution >= 4 is 109 Å². The summed E-state index contributed by atoms with van der Waals surface area (Å²) in [6.07, 6.45) is 1.67. The summed E-state index contributed by atoms with van der Waals surface area (Å²) in [7, 11) is 1.03. The van der Waals surface area contributed by atoms with E-state index in [1.54, 1.807) is 48.5 Å². The molecule has 0 aliphatic carbocycles. The summed E-state index contributed by atoms with van der Waals surface area (Å²) < 4.78 is 2.58. The Morgan fingerprint density at radius 3 is 1.45 bits per heavy atom. The van der Waals surface area contributed by atoms with E-state index in [4.69, 9.17) is 28.0 Å². The number of hydrogen-bond donors (Lipinski definition) is 18. The van der Waals surface area contributed by atoms with Crippen molar-refractivity contribution < 1.29 is 43.2 Å². The molecule has 9 aromatic rings. The van der Waals surface area contributed by atoms with Crippen molar-refractivity contribution in [3.8, 4) is 0 Å². The maximum Gasteiger partial charge on any atom is 0.328 e. The molecule has 0 fully saturated rings. The lowest BCUT2D eigenvalue weighted by atomic mass is 10.0. The van der Waals surface area contributed by atoms with Gasteiger partial charge in [-0.2, -0.15) is 0 Å². The summed E-state index contributed by atoms with van der Waals surface area (Å²) in [4.78, 5) is 252. The Morgan fingerprint density at radius 2 is 0.927 bits per heavy atom. The zero-order chi connectivity index (χ0) is 78.9. The number of guanidine groups is 2. The van der Waals surface area contributed by atoms with Gasteiger partial charge in [-0.1, -0.05) is 60.7 Å². The van der Waals surface area contributed by atoms with Gasteiger partial charge in [0.05, 0.1) is 77.7 Å². The first-order valence-corrected chi connectivity index (χ1v) is 33.5. The number of pyridine rings is 1. The van der Waals surface area contributed by atoms with E-state index < -0.39 is 186 Å². The molecule has 0 aliphatic heterocycles. The number of nitrogens with two attached hydrogens (primary N) is 3. The van der Waals surface area contributed by atoms with E-state index in [1.165, 1.54) is 55.5 Å². The number of nitrogens with zero attached hydrogens (tertiary/aromatic N) is 6. The SMILES string of the molecule is Cc1cn(C[C@@H](NC(=O)[C@@H](Cn2c(=O)[nH]c3ccccc3c2=O)NC(=O)[C@@H](Cn2c(=O)[nH]c3ccccc3c2=O)NC(=O)CN(C)C(=O)[C@@H](Cn2ccc(=O)[nH]c2=O)NC(=O)[C@H](CCCNC(=N)N)NC(=O)CNC(=O)c2c3ccccc3nc3ccccc23)C(=O)N[C@@H](CCCNC(=N)N)C(N)=O)c(=O)[nH]c1=O. The van der Waals surface area contributed by atoms with E-state index in [9.17, 15) is 71.9 Å². The van der Waals surface area contributed by atoms with Crippen molar-refractivity contribution in [3.63, 3.8) is 0 Å². The van der Waals surface area contributed by atoms with Crippen LogP contribution in [0.15, 0.2) is 154 Å². The molecule has 9 rings (SSSR count). The van der Waals surface area contributed by atoms with Gasteiger partial charge in [-0.05, 0) is 69.0 Å². The van der Waals surface area contributed by atoms with Gasteiger partial charge in [0.25, 0.3) is 28.1 Å². The summed E-state index contributed by atoms with van der Waals surface area (Å²) in [5.41, 5.74) is 9.44. The average molecular weight is 1500 g/mol. The van der Waals surface area contributed by atoms with Gasteiger partial charge in [0.1, 0.15) is 36.3 Å². The molecule has 21 N–H and O–H groups in total. The van der Waals surface area contributed by atoms with Gasteiger partial charge in [0, 0.05) is 54.9 Å². The minimum absolute atomic E-state index is 0.0192. The second-order valence-electron chi connectivity index (χ2n) is 25.0. The fourth-order valence-electron chi connectivity index (χ4n) is 11.7. The first-order valence-electron chi connectivity index (χ1n) is 33.5. The molecular weight excluding hydrogens is 1420 g/mol. The third kappa shape index (κ3) is 20.1. The zero-order valence-electron chi connectivity index (χ0n) is 58.3. The number of aromatic amines is 4. The minimum Gasteiger partial charge on any atom is -0.370 e. The fraction of sp³-hybridized carbons (Fsp3) is 0.294. The highest BCUT2D eigenvalue weighted by Crippen LogP contribution is 2.26. The smallest absolute Gasteiger partial charge is 0.328 e. The van der Waals surface area contributed by atoms with Crippen LogP contribution >= 0.6 is 0 Å². The number of hydrogen-bond acceptors (Lipinski definition) is 20. The highest BCUT2D eigenvalue weighted by atomic mass is 16.2. The standard InChI is InChI=1S/C68H76N24O17/c1-34-28-90(66(107)87-54(34)97)29-45(56(99)80-43(53(69)96)21-11-24-74-63(70)71)81-58(101)47(32-92-61(104)38-16-6-10-20-42(38)85-68(92)109)82-57(100)46(31-91-60(103)37-15-5-9-19-41(37)84-67(91)108)79-51(95)33-88(2)62(105)48(30-89-26-23-49(93)86-65(89)106)83-55(98)44(22-12-25-75-64(72)73)78-50(94)27-76-59(102)52-35-13-3-7-17-39(35)77-40-18-8-4-14-36(40)52/h3-10,13-20,23,26,28,43-48H,11-12,21-22,24-25,27,29-33H2,1-2H3,(H2,69,96)(H,76,102)(H,78,94)(H,79,95)(H,80,99)(H,81,101)(H,82,100)(H,83,98)(H,84,108)(H,85,109)(H4,70,71,74)(H4,72,73,75)(H,86,93,106)(H,87,97,107)/t43-,44-,45+,46+,47+,48+/m0/s1. The minimum atomic E-state index is -2.26. The Labute approximate surface area is 611 Å². The number of fused-ring (bicyclic) bond motifs is 4. The van der Waals surface area contributed by atoms with Crippen LogP contribution in [0.4, 0.5) is 0 Å². The molecule has 0 saturated carbocycles. The van der Waals surface area contributed by atoms with Gasteiger partial charge in [-0.3, -0.25) is 101 Å². The predicted molar refractivity (Wildman–Crippen MR) is 393 cm³/mol. The molecule has 0 unspecified atom stereocenters. The van der Waals surface area contributed by atoms with Crippen LogP contribution in [0.3, 0.4) is 0 Å². The number of rotatable bonds is 33. The van der Waals surface area contributed by atoms with Crippen LogP contribution in [0.5, 0.6) is 0 Å². The average Bonchev–Trinajstić information content (AvgIpc) is 0.768. The van der Waals surface area contributed by atoms with E-state index in [0.29, 0.717) is 35.8 Å². The number of nitrogens with one attached hydrogen (secondary N) is 15. The van der Waals surface area contributed by atoms with Crippen LogP contribution in [0, 0.1) is 17.7 Å². The van der Waals surface area contributed by atoms with Crippen LogP contribution in [-0.4, -0.2) is 183 Å². The van der Waals surface area contributed by atoms with Gasteiger partial charge >= 0.3 is 22.8 Å². The number of likely N-dealkylation sites (N-methyl/N-ethyl adjacent to an activating group) is 1. The van der Waals surface area contributed by atoms with Gasteiger partial charge in [-0.15, -0.1) is 0 Å². The molecule has 9 amide bonds. The van der Waals surface area contributed by atoms with Gasteiger partial charge < -0.3 is 79.9 Å². The molecule has 0 radical (unpaired) electrons. The highest BCUT2D eigenvalue weighted by molar-refractivity contribution is 6.16. The van der Waals surface area contributed by atoms with Gasteiger partial charge in [-0.25, -0.2) is 24.2 Å². The largest absolute Gasteiger partial charge is 0.370 e. The Morgan fingerprint density at radius 1 is 0.486 bits per heavy atom. The number of primary amides is 1. The molecule has 41 heteroatoms. The molecule has 5 aromatic heterocycles. The van der Waals surface area contributed by atoms with Crippen molar-refractivity contribution in [1.82, 2.24) is 95.9 Å². The van der Waals surface area contributed by atoms with Crippen molar-refractivity contribution in [2.45, 2.75) is 95.0 Å². The quantitative estimate of drug-likeness (QED) is 0.00787. The third-order valence-electron chi connectivity index (χ3n) is 17.1. The fourth-order valence-corrected chi connectivity index (χ4v) is 11.7. The second-order valence-corrected chi connectivity index (χ2v) is 25.0. The number of aryl methyl sites for hydroxylation is 1. The predicted octanol–water partition coefficient (Wildman–Crippen LogP) is -6.69. The summed E-state index contributed by atoms with van der Waals surface area (Å²) in [6, 6.07) is 14.3. The second kappa shape index (κ2) is 35.4. The lowest BCUT2D eigenvalue weighted by Gasteiger charge is -2.28. The van der Waals surface area contributed by atoms with Crippen molar-refractivity contribution in [2.75, 3.05) is 33.2 Å². The number of H-pyrrole nitrogens is 4. The number of aromatic nitrogens is 9.